The predicted octanol–water partition coefficient (Wildman–Crippen LogP) is 1.37. The molecule has 0 aliphatic carbocycles. The third-order valence-corrected chi connectivity index (χ3v) is 2.87. The number of para-hydroxylation sites is 1. The molecule has 0 fully saturated rings. The zero-order valence-corrected chi connectivity index (χ0v) is 9.64. The first-order valence-corrected chi connectivity index (χ1v) is 5.47. The van der Waals surface area contributed by atoms with Crippen LogP contribution in [0, 0.1) is 0 Å². The highest BCUT2D eigenvalue weighted by atomic mass is 16.2. The van der Waals surface area contributed by atoms with Crippen molar-refractivity contribution in [3.8, 4) is 0 Å². The highest BCUT2D eigenvalue weighted by molar-refractivity contribution is 6.23. The molecule has 1 amide bonds. The molecular formula is C13H14N2O2. The smallest absolute Gasteiger partial charge is 0.286 e. The normalized spacial score (nSPS) is 10.4. The minimum atomic E-state index is -0.482. The Morgan fingerprint density at radius 1 is 1.41 bits per heavy atom. The fourth-order valence-electron chi connectivity index (χ4n) is 1.83. The zero-order valence-electron chi connectivity index (χ0n) is 9.64. The molecule has 0 spiro atoms. The average molecular weight is 230 g/mol. The van der Waals surface area contributed by atoms with Gasteiger partial charge in [0, 0.05) is 30.7 Å². The van der Waals surface area contributed by atoms with Crippen molar-refractivity contribution >= 4 is 23.1 Å². The monoisotopic (exact) mass is 230 g/mol. The maximum absolute atomic E-state index is 11.1. The van der Waals surface area contributed by atoms with Crippen LogP contribution in [0.4, 0.5) is 0 Å². The van der Waals surface area contributed by atoms with Gasteiger partial charge in [-0.2, -0.15) is 0 Å². The van der Waals surface area contributed by atoms with Gasteiger partial charge >= 0.3 is 0 Å². The van der Waals surface area contributed by atoms with Crippen molar-refractivity contribution in [1.29, 1.82) is 0 Å². The van der Waals surface area contributed by atoms with Crippen molar-refractivity contribution in [2.45, 2.75) is 6.42 Å². The molecule has 0 atom stereocenters. The van der Waals surface area contributed by atoms with Crippen molar-refractivity contribution in [3.05, 3.63) is 36.0 Å². The number of benzene rings is 1. The Bertz CT molecular complexity index is 545. The van der Waals surface area contributed by atoms with Crippen LogP contribution in [0.1, 0.15) is 5.56 Å². The average Bonchev–Trinajstić information content (AvgIpc) is 2.78. The van der Waals surface area contributed by atoms with E-state index in [9.17, 15) is 9.59 Å². The van der Waals surface area contributed by atoms with Gasteiger partial charge in [-0.15, -0.1) is 0 Å². The van der Waals surface area contributed by atoms with E-state index in [-0.39, 0.29) is 0 Å². The molecule has 0 saturated heterocycles. The van der Waals surface area contributed by atoms with Crippen molar-refractivity contribution in [3.63, 3.8) is 0 Å². The largest absolute Gasteiger partial charge is 0.361 e. The molecule has 88 valence electrons. The molecule has 0 bridgehead atoms. The highest BCUT2D eigenvalue weighted by Crippen LogP contribution is 2.18. The number of hydrogen-bond acceptors (Lipinski definition) is 2. The van der Waals surface area contributed by atoms with E-state index >= 15 is 0 Å². The minimum absolute atomic E-state index is 0.342. The number of amides is 1. The van der Waals surface area contributed by atoms with E-state index in [2.05, 4.69) is 4.98 Å². The molecule has 0 aliphatic heterocycles. The van der Waals surface area contributed by atoms with E-state index < -0.39 is 5.91 Å². The summed E-state index contributed by atoms with van der Waals surface area (Å²) in [6, 6.07) is 8.02. The third kappa shape index (κ3) is 2.36. The summed E-state index contributed by atoms with van der Waals surface area (Å²) in [5, 5.41) is 1.17. The second-order valence-electron chi connectivity index (χ2n) is 3.99. The number of aldehydes is 1. The molecule has 1 aromatic heterocycles. The lowest BCUT2D eigenvalue weighted by atomic mass is 10.1. The molecule has 1 aromatic carbocycles. The molecule has 0 unspecified atom stereocenters. The van der Waals surface area contributed by atoms with Crippen LogP contribution in [0.2, 0.25) is 0 Å². The summed E-state index contributed by atoms with van der Waals surface area (Å²) >= 11 is 0. The van der Waals surface area contributed by atoms with Crippen LogP contribution >= 0.6 is 0 Å². The highest BCUT2D eigenvalue weighted by Gasteiger charge is 2.08. The number of aromatic nitrogens is 1. The summed E-state index contributed by atoms with van der Waals surface area (Å²) in [7, 11) is 1.63. The zero-order chi connectivity index (χ0) is 12.3. The molecule has 0 saturated carbocycles. The summed E-state index contributed by atoms with van der Waals surface area (Å²) < 4.78 is 0. The van der Waals surface area contributed by atoms with Crippen LogP contribution in [0.25, 0.3) is 10.9 Å². The first-order valence-electron chi connectivity index (χ1n) is 5.47. The fourth-order valence-corrected chi connectivity index (χ4v) is 1.83. The van der Waals surface area contributed by atoms with Crippen LogP contribution in [-0.4, -0.2) is 35.7 Å². The summed E-state index contributed by atoms with van der Waals surface area (Å²) in [6.07, 6.45) is 3.03. The lowest BCUT2D eigenvalue weighted by Crippen LogP contribution is -2.29. The predicted molar refractivity (Wildman–Crippen MR) is 65.7 cm³/mol. The van der Waals surface area contributed by atoms with E-state index in [4.69, 9.17) is 0 Å². The van der Waals surface area contributed by atoms with Crippen molar-refractivity contribution in [2.75, 3.05) is 13.6 Å². The van der Waals surface area contributed by atoms with Crippen molar-refractivity contribution in [1.82, 2.24) is 9.88 Å². The molecule has 0 aliphatic rings. The van der Waals surface area contributed by atoms with E-state index in [1.807, 2.05) is 30.5 Å². The quantitative estimate of drug-likeness (QED) is 0.637. The molecule has 0 radical (unpaired) electrons. The number of H-pyrrole nitrogens is 1. The van der Waals surface area contributed by atoms with Crippen LogP contribution in [-0.2, 0) is 16.0 Å². The lowest BCUT2D eigenvalue weighted by molar-refractivity contribution is -0.137. The molecule has 4 heteroatoms. The topological polar surface area (TPSA) is 53.2 Å². The molecule has 2 rings (SSSR count). The summed E-state index contributed by atoms with van der Waals surface area (Å²) in [5.41, 5.74) is 2.25. The summed E-state index contributed by atoms with van der Waals surface area (Å²) in [5.74, 6) is -0.482. The Labute approximate surface area is 99.2 Å². The number of hydrogen-bond donors (Lipinski definition) is 1. The Kier molecular flexibility index (Phi) is 3.23. The first kappa shape index (κ1) is 11.4. The molecule has 4 nitrogen and oxygen atoms in total. The van der Waals surface area contributed by atoms with Gasteiger partial charge in [0.1, 0.15) is 0 Å². The minimum Gasteiger partial charge on any atom is -0.361 e. The van der Waals surface area contributed by atoms with Gasteiger partial charge in [0.25, 0.3) is 5.91 Å². The molecule has 17 heavy (non-hydrogen) atoms. The number of rotatable bonds is 4. The van der Waals surface area contributed by atoms with Gasteiger partial charge in [-0.25, -0.2) is 0 Å². The number of carbonyl (C=O) groups is 2. The van der Waals surface area contributed by atoms with Gasteiger partial charge in [0.05, 0.1) is 0 Å². The SMILES string of the molecule is CN(CCc1c[nH]c2ccccc12)C(=O)C=O. The standard InChI is InChI=1S/C13H14N2O2/c1-15(13(17)9-16)7-6-10-8-14-12-5-3-2-4-11(10)12/h2-5,8-9,14H,6-7H2,1H3. The molecule has 2 aromatic rings. The Morgan fingerprint density at radius 2 is 2.18 bits per heavy atom. The summed E-state index contributed by atoms with van der Waals surface area (Å²) in [4.78, 5) is 26.0. The molecular weight excluding hydrogens is 216 g/mol. The Hall–Kier alpha value is -2.10. The lowest BCUT2D eigenvalue weighted by Gasteiger charge is -2.12. The van der Waals surface area contributed by atoms with E-state index in [0.29, 0.717) is 12.8 Å². The second kappa shape index (κ2) is 4.82. The maximum atomic E-state index is 11.1. The van der Waals surface area contributed by atoms with Crippen LogP contribution in [0.15, 0.2) is 30.5 Å². The maximum Gasteiger partial charge on any atom is 0.286 e. The van der Waals surface area contributed by atoms with Gasteiger partial charge in [-0.1, -0.05) is 18.2 Å². The molecule has 1 N–H and O–H groups in total. The van der Waals surface area contributed by atoms with Gasteiger partial charge in [-0.05, 0) is 18.1 Å². The fraction of sp³-hybridized carbons (Fsp3) is 0.231. The van der Waals surface area contributed by atoms with E-state index in [1.165, 1.54) is 10.3 Å². The van der Waals surface area contributed by atoms with Crippen LogP contribution in [0.5, 0.6) is 0 Å². The van der Waals surface area contributed by atoms with E-state index in [0.717, 1.165) is 17.5 Å². The van der Waals surface area contributed by atoms with Gasteiger partial charge < -0.3 is 9.88 Å². The van der Waals surface area contributed by atoms with Crippen molar-refractivity contribution in [2.24, 2.45) is 0 Å². The van der Waals surface area contributed by atoms with Gasteiger partial charge in [0.15, 0.2) is 0 Å². The molecule has 1 heterocycles. The number of fused-ring (bicyclic) bond motifs is 1. The number of likely N-dealkylation sites (N-methyl/N-ethyl adjacent to an activating group) is 1. The van der Waals surface area contributed by atoms with Crippen LogP contribution < -0.4 is 0 Å². The number of nitrogens with zero attached hydrogens (tertiary/aromatic N) is 1. The third-order valence-electron chi connectivity index (χ3n) is 2.87. The number of nitrogens with one attached hydrogen (secondary N) is 1. The number of aromatic amines is 1. The van der Waals surface area contributed by atoms with Gasteiger partial charge in [-0.3, -0.25) is 9.59 Å². The Morgan fingerprint density at radius 3 is 2.94 bits per heavy atom. The second-order valence-corrected chi connectivity index (χ2v) is 3.99. The van der Waals surface area contributed by atoms with Crippen LogP contribution in [0.3, 0.4) is 0 Å². The number of carbonyl (C=O) groups excluding carboxylic acids is 2. The van der Waals surface area contributed by atoms with Gasteiger partial charge in [0.2, 0.25) is 6.29 Å². The first-order chi connectivity index (χ1) is 8.22. The Balaban J connectivity index is 2.09. The van der Waals surface area contributed by atoms with E-state index in [1.54, 1.807) is 7.05 Å². The van der Waals surface area contributed by atoms with Crippen molar-refractivity contribution < 1.29 is 9.59 Å². The summed E-state index contributed by atoms with van der Waals surface area (Å²) in [6.45, 7) is 0.541.